The van der Waals surface area contributed by atoms with Crippen molar-refractivity contribution < 1.29 is 14.4 Å². The van der Waals surface area contributed by atoms with Crippen LogP contribution in [0.1, 0.15) is 31.8 Å². The Labute approximate surface area is 176 Å². The van der Waals surface area contributed by atoms with E-state index in [1.807, 2.05) is 0 Å². The van der Waals surface area contributed by atoms with Crippen molar-refractivity contribution in [1.29, 1.82) is 0 Å². The molecule has 2 aromatic rings. The van der Waals surface area contributed by atoms with Crippen LogP contribution in [0.5, 0.6) is 0 Å². The van der Waals surface area contributed by atoms with Crippen LogP contribution >= 0.6 is 0 Å². The number of nitrogens with zero attached hydrogens (tertiary/aromatic N) is 3. The molecule has 7 nitrogen and oxygen atoms in total. The number of hydrogen-bond donors (Lipinski definition) is 1. The maximum atomic E-state index is 12.5. The van der Waals surface area contributed by atoms with E-state index >= 15 is 0 Å². The number of benzene rings is 2. The maximum absolute atomic E-state index is 12.5. The number of fused-ring (bicyclic) bond motifs is 1. The monoisotopic (exact) mass is 406 g/mol. The first kappa shape index (κ1) is 20.1. The molecule has 3 amide bonds. The van der Waals surface area contributed by atoms with Crippen LogP contribution in [0, 0.1) is 13.8 Å². The average Bonchev–Trinajstić information content (AvgIpc) is 2.94. The standard InChI is InChI=1S/C23H26N4O3/c1-15-5-4-6-20(16(15)2)27-11-9-26(10-12-27)14-21(28)24-17-7-8-18-19(13-17)23(30)25(3)22(18)29/h4-8,13H,9-12,14H2,1-3H3,(H,24,28). The molecule has 0 unspecified atom stereocenters. The number of carbonyl (C=O) groups excluding carboxylic acids is 3. The Bertz CT molecular complexity index is 1030. The quantitative estimate of drug-likeness (QED) is 0.789. The van der Waals surface area contributed by atoms with Gasteiger partial charge in [0.25, 0.3) is 11.8 Å². The van der Waals surface area contributed by atoms with Crippen molar-refractivity contribution in [1.82, 2.24) is 9.80 Å². The van der Waals surface area contributed by atoms with Gasteiger partial charge in [0.15, 0.2) is 0 Å². The van der Waals surface area contributed by atoms with Gasteiger partial charge >= 0.3 is 0 Å². The Hall–Kier alpha value is -3.19. The van der Waals surface area contributed by atoms with Gasteiger partial charge in [0.1, 0.15) is 0 Å². The van der Waals surface area contributed by atoms with E-state index in [0.717, 1.165) is 31.1 Å². The van der Waals surface area contributed by atoms with Crippen LogP contribution in [0.15, 0.2) is 36.4 Å². The molecular formula is C23H26N4O3. The molecule has 2 aliphatic rings. The van der Waals surface area contributed by atoms with E-state index in [1.54, 1.807) is 18.2 Å². The molecule has 0 saturated carbocycles. The summed E-state index contributed by atoms with van der Waals surface area (Å²) < 4.78 is 0. The van der Waals surface area contributed by atoms with Crippen molar-refractivity contribution in [3.05, 3.63) is 58.7 Å². The summed E-state index contributed by atoms with van der Waals surface area (Å²) in [7, 11) is 1.46. The van der Waals surface area contributed by atoms with Crippen molar-refractivity contribution >= 4 is 29.1 Å². The van der Waals surface area contributed by atoms with E-state index in [4.69, 9.17) is 0 Å². The minimum atomic E-state index is -0.339. The summed E-state index contributed by atoms with van der Waals surface area (Å²) >= 11 is 0. The van der Waals surface area contributed by atoms with Crippen molar-refractivity contribution in [3.8, 4) is 0 Å². The summed E-state index contributed by atoms with van der Waals surface area (Å²) in [6, 6.07) is 11.2. The third-order valence-electron chi connectivity index (χ3n) is 6.03. The van der Waals surface area contributed by atoms with Crippen LogP contribution in [-0.2, 0) is 4.79 Å². The van der Waals surface area contributed by atoms with Crippen LogP contribution in [0.2, 0.25) is 0 Å². The average molecular weight is 406 g/mol. The molecule has 1 fully saturated rings. The molecule has 30 heavy (non-hydrogen) atoms. The third-order valence-corrected chi connectivity index (χ3v) is 6.03. The number of amides is 3. The Balaban J connectivity index is 1.33. The molecule has 2 heterocycles. The van der Waals surface area contributed by atoms with Crippen LogP contribution < -0.4 is 10.2 Å². The summed E-state index contributed by atoms with van der Waals surface area (Å²) in [6.45, 7) is 7.94. The lowest BCUT2D eigenvalue weighted by Gasteiger charge is -2.36. The molecule has 1 N–H and O–H groups in total. The number of hydrogen-bond acceptors (Lipinski definition) is 5. The predicted molar refractivity (Wildman–Crippen MR) is 116 cm³/mol. The molecule has 4 rings (SSSR count). The summed E-state index contributed by atoms with van der Waals surface area (Å²) in [4.78, 5) is 42.2. The summed E-state index contributed by atoms with van der Waals surface area (Å²) in [5, 5.41) is 2.85. The minimum absolute atomic E-state index is 0.125. The Kier molecular flexibility index (Phi) is 5.30. The number of aryl methyl sites for hydroxylation is 1. The van der Waals surface area contributed by atoms with E-state index in [0.29, 0.717) is 23.4 Å². The molecule has 0 spiro atoms. The molecule has 0 aromatic heterocycles. The van der Waals surface area contributed by atoms with Crippen LogP contribution in [-0.4, -0.2) is 67.3 Å². The first-order valence-electron chi connectivity index (χ1n) is 10.1. The summed E-state index contributed by atoms with van der Waals surface area (Å²) in [5.74, 6) is -0.775. The zero-order chi connectivity index (χ0) is 21.4. The molecule has 156 valence electrons. The lowest BCUT2D eigenvalue weighted by Crippen LogP contribution is -2.48. The molecule has 1 saturated heterocycles. The Morgan fingerprint density at radius 2 is 1.67 bits per heavy atom. The first-order chi connectivity index (χ1) is 14.3. The zero-order valence-electron chi connectivity index (χ0n) is 17.6. The normalized spacial score (nSPS) is 16.8. The van der Waals surface area contributed by atoms with Crippen LogP contribution in [0.3, 0.4) is 0 Å². The van der Waals surface area contributed by atoms with E-state index in [9.17, 15) is 14.4 Å². The second-order valence-electron chi connectivity index (χ2n) is 7.96. The molecule has 0 atom stereocenters. The van der Waals surface area contributed by atoms with Crippen molar-refractivity contribution in [2.45, 2.75) is 13.8 Å². The largest absolute Gasteiger partial charge is 0.369 e. The zero-order valence-corrected chi connectivity index (χ0v) is 17.6. The fraction of sp³-hybridized carbons (Fsp3) is 0.348. The molecule has 2 aliphatic heterocycles. The SMILES string of the molecule is Cc1cccc(N2CCN(CC(=O)Nc3ccc4c(c3)C(=O)N(C)C4=O)CC2)c1C. The Morgan fingerprint density at radius 1 is 0.967 bits per heavy atom. The van der Waals surface area contributed by atoms with Crippen molar-refractivity contribution in [2.24, 2.45) is 0 Å². The van der Waals surface area contributed by atoms with Gasteiger partial charge < -0.3 is 10.2 Å². The number of rotatable bonds is 4. The first-order valence-corrected chi connectivity index (χ1v) is 10.1. The second kappa shape index (κ2) is 7.91. The highest BCUT2D eigenvalue weighted by molar-refractivity contribution is 6.21. The number of nitrogens with one attached hydrogen (secondary N) is 1. The highest BCUT2D eigenvalue weighted by atomic mass is 16.2. The van der Waals surface area contributed by atoms with Gasteiger partial charge in [-0.1, -0.05) is 12.1 Å². The molecule has 0 bridgehead atoms. The Morgan fingerprint density at radius 3 is 2.40 bits per heavy atom. The lowest BCUT2D eigenvalue weighted by molar-refractivity contribution is -0.117. The topological polar surface area (TPSA) is 73.0 Å². The van der Waals surface area contributed by atoms with Gasteiger partial charge in [0.05, 0.1) is 17.7 Å². The highest BCUT2D eigenvalue weighted by Crippen LogP contribution is 2.25. The van der Waals surface area contributed by atoms with Gasteiger partial charge in [0.2, 0.25) is 5.91 Å². The molecular weight excluding hydrogens is 380 g/mol. The van der Waals surface area contributed by atoms with Crippen LogP contribution in [0.25, 0.3) is 0 Å². The highest BCUT2D eigenvalue weighted by Gasteiger charge is 2.32. The van der Waals surface area contributed by atoms with Crippen molar-refractivity contribution in [2.75, 3.05) is 50.0 Å². The fourth-order valence-corrected chi connectivity index (χ4v) is 4.07. The molecule has 0 aliphatic carbocycles. The smallest absolute Gasteiger partial charge is 0.261 e. The fourth-order valence-electron chi connectivity index (χ4n) is 4.07. The summed E-state index contributed by atoms with van der Waals surface area (Å²) in [6.07, 6.45) is 0. The number of imide groups is 1. The maximum Gasteiger partial charge on any atom is 0.261 e. The number of anilines is 2. The molecule has 0 radical (unpaired) electrons. The van der Waals surface area contributed by atoms with E-state index < -0.39 is 0 Å². The van der Waals surface area contributed by atoms with Gasteiger partial charge in [-0.05, 0) is 49.2 Å². The third kappa shape index (κ3) is 3.68. The van der Waals surface area contributed by atoms with E-state index in [-0.39, 0.29) is 17.7 Å². The summed E-state index contributed by atoms with van der Waals surface area (Å²) in [5.41, 5.74) is 5.10. The van der Waals surface area contributed by atoms with Gasteiger partial charge in [-0.25, -0.2) is 0 Å². The van der Waals surface area contributed by atoms with Crippen molar-refractivity contribution in [3.63, 3.8) is 0 Å². The van der Waals surface area contributed by atoms with Gasteiger partial charge in [-0.3, -0.25) is 24.2 Å². The van der Waals surface area contributed by atoms with E-state index in [2.05, 4.69) is 47.2 Å². The van der Waals surface area contributed by atoms with Gasteiger partial charge in [-0.2, -0.15) is 0 Å². The minimum Gasteiger partial charge on any atom is -0.369 e. The predicted octanol–water partition coefficient (Wildman–Crippen LogP) is 2.29. The van der Waals surface area contributed by atoms with Gasteiger partial charge in [-0.15, -0.1) is 0 Å². The molecule has 2 aromatic carbocycles. The molecule has 7 heteroatoms. The van der Waals surface area contributed by atoms with E-state index in [1.165, 1.54) is 23.9 Å². The van der Waals surface area contributed by atoms with Gasteiger partial charge in [0, 0.05) is 44.6 Å². The number of piperazine rings is 1. The lowest BCUT2D eigenvalue weighted by atomic mass is 10.1. The van der Waals surface area contributed by atoms with Crippen LogP contribution in [0.4, 0.5) is 11.4 Å². The number of carbonyl (C=O) groups is 3. The second-order valence-corrected chi connectivity index (χ2v) is 7.96.